The smallest absolute Gasteiger partial charge is 0.356 e. The molecule has 108 valence electrons. The van der Waals surface area contributed by atoms with Crippen LogP contribution < -0.4 is 4.72 Å². The summed E-state index contributed by atoms with van der Waals surface area (Å²) in [6.45, 7) is 1.84. The largest absolute Gasteiger partial charge is 0.476 e. The van der Waals surface area contributed by atoms with Crippen molar-refractivity contribution < 1.29 is 18.3 Å². The number of nitrogens with one attached hydrogen (secondary N) is 1. The fourth-order valence-electron chi connectivity index (χ4n) is 1.64. The third-order valence-corrected chi connectivity index (χ3v) is 5.20. The van der Waals surface area contributed by atoms with Crippen LogP contribution in [0.5, 0.6) is 0 Å². The van der Waals surface area contributed by atoms with Gasteiger partial charge in [0.1, 0.15) is 0 Å². The Balaban J connectivity index is 2.41. The zero-order chi connectivity index (χ0) is 14.9. The summed E-state index contributed by atoms with van der Waals surface area (Å²) in [6, 6.07) is 0. The molecule has 0 amide bonds. The third kappa shape index (κ3) is 2.65. The molecule has 0 aliphatic rings. The summed E-state index contributed by atoms with van der Waals surface area (Å²) in [5.74, 6) is -1.38. The van der Waals surface area contributed by atoms with E-state index in [-0.39, 0.29) is 4.21 Å². The van der Waals surface area contributed by atoms with Gasteiger partial charge >= 0.3 is 5.97 Å². The first kappa shape index (κ1) is 14.5. The Hall–Kier alpha value is -1.94. The molecule has 2 N–H and O–H groups in total. The van der Waals surface area contributed by atoms with E-state index in [2.05, 4.69) is 14.8 Å². The number of anilines is 1. The first-order chi connectivity index (χ1) is 9.35. The molecule has 0 saturated heterocycles. The van der Waals surface area contributed by atoms with Crippen LogP contribution in [0.4, 0.5) is 5.69 Å². The monoisotopic (exact) mass is 316 g/mol. The molecule has 0 aliphatic heterocycles. The number of aryl methyl sites for hydroxylation is 2. The molecule has 2 rings (SSSR count). The first-order valence-corrected chi connectivity index (χ1v) is 7.93. The molecule has 0 aromatic carbocycles. The van der Waals surface area contributed by atoms with E-state index in [0.29, 0.717) is 17.8 Å². The summed E-state index contributed by atoms with van der Waals surface area (Å²) in [6.07, 6.45) is 2.07. The van der Waals surface area contributed by atoms with Crippen LogP contribution in [0.3, 0.4) is 0 Å². The van der Waals surface area contributed by atoms with Crippen LogP contribution in [0, 0.1) is 0 Å². The number of carboxylic acid groups (broad SMARTS) is 1. The van der Waals surface area contributed by atoms with Crippen LogP contribution >= 0.6 is 11.3 Å². The number of thiazole rings is 1. The molecule has 0 radical (unpaired) electrons. The number of carboxylic acids is 1. The highest BCUT2D eigenvalue weighted by Crippen LogP contribution is 2.24. The first-order valence-electron chi connectivity index (χ1n) is 5.57. The Morgan fingerprint density at radius 1 is 1.55 bits per heavy atom. The second kappa shape index (κ2) is 5.21. The predicted molar refractivity (Wildman–Crippen MR) is 72.5 cm³/mol. The molecular formula is C10H12N4O4S2. The Labute approximate surface area is 119 Å². The van der Waals surface area contributed by atoms with Crippen LogP contribution in [0.25, 0.3) is 0 Å². The van der Waals surface area contributed by atoms with Crippen molar-refractivity contribution in [1.29, 1.82) is 0 Å². The SMILES string of the molecule is CCc1nn(C)cc1NS(=O)(=O)c1scnc1C(=O)O. The van der Waals surface area contributed by atoms with Gasteiger partial charge in [0.2, 0.25) is 0 Å². The van der Waals surface area contributed by atoms with E-state index in [4.69, 9.17) is 5.11 Å². The molecule has 2 aromatic rings. The molecule has 0 saturated carbocycles. The summed E-state index contributed by atoms with van der Waals surface area (Å²) in [5.41, 5.74) is 1.61. The highest BCUT2D eigenvalue weighted by Gasteiger charge is 2.26. The predicted octanol–water partition coefficient (Wildman–Crippen LogP) is 0.938. The van der Waals surface area contributed by atoms with Crippen LogP contribution in [-0.4, -0.2) is 34.3 Å². The number of carbonyl (C=O) groups is 1. The molecule has 2 heterocycles. The van der Waals surface area contributed by atoms with E-state index in [1.165, 1.54) is 16.4 Å². The summed E-state index contributed by atoms with van der Waals surface area (Å²) >= 11 is 0.755. The van der Waals surface area contributed by atoms with Crippen molar-refractivity contribution in [2.75, 3.05) is 4.72 Å². The average molecular weight is 316 g/mol. The average Bonchev–Trinajstić information content (AvgIpc) is 2.95. The van der Waals surface area contributed by atoms with Crippen molar-refractivity contribution in [3.8, 4) is 0 Å². The van der Waals surface area contributed by atoms with Crippen molar-refractivity contribution in [2.45, 2.75) is 17.6 Å². The zero-order valence-corrected chi connectivity index (χ0v) is 12.3. The second-order valence-corrected chi connectivity index (χ2v) is 6.65. The molecule has 0 fully saturated rings. The zero-order valence-electron chi connectivity index (χ0n) is 10.7. The molecule has 2 aromatic heterocycles. The minimum Gasteiger partial charge on any atom is -0.476 e. The highest BCUT2D eigenvalue weighted by atomic mass is 32.2. The molecule has 8 nitrogen and oxygen atoms in total. The van der Waals surface area contributed by atoms with E-state index >= 15 is 0 Å². The lowest BCUT2D eigenvalue weighted by molar-refractivity contribution is 0.0687. The maximum absolute atomic E-state index is 12.2. The van der Waals surface area contributed by atoms with E-state index in [9.17, 15) is 13.2 Å². The molecular weight excluding hydrogens is 304 g/mol. The Morgan fingerprint density at radius 2 is 2.25 bits per heavy atom. The lowest BCUT2D eigenvalue weighted by Gasteiger charge is -2.05. The van der Waals surface area contributed by atoms with Crippen molar-refractivity contribution in [3.63, 3.8) is 0 Å². The lowest BCUT2D eigenvalue weighted by Crippen LogP contribution is -2.15. The van der Waals surface area contributed by atoms with Crippen LogP contribution in [0.2, 0.25) is 0 Å². The minimum atomic E-state index is -3.99. The molecule has 0 aliphatic carbocycles. The van der Waals surface area contributed by atoms with E-state index < -0.39 is 21.7 Å². The van der Waals surface area contributed by atoms with Gasteiger partial charge in [-0.3, -0.25) is 9.40 Å². The molecule has 0 unspecified atom stereocenters. The van der Waals surface area contributed by atoms with E-state index in [0.717, 1.165) is 11.3 Å². The minimum absolute atomic E-state index is 0.323. The fraction of sp³-hybridized carbons (Fsp3) is 0.300. The maximum Gasteiger partial charge on any atom is 0.356 e. The van der Waals surface area contributed by atoms with Crippen molar-refractivity contribution in [3.05, 3.63) is 23.1 Å². The van der Waals surface area contributed by atoms with Gasteiger partial charge in [-0.25, -0.2) is 18.2 Å². The molecule has 0 bridgehead atoms. The summed E-state index contributed by atoms with van der Waals surface area (Å²) in [7, 11) is -2.32. The maximum atomic E-state index is 12.2. The highest BCUT2D eigenvalue weighted by molar-refractivity contribution is 7.94. The second-order valence-electron chi connectivity index (χ2n) is 3.92. The van der Waals surface area contributed by atoms with Gasteiger partial charge in [0.25, 0.3) is 10.0 Å². The van der Waals surface area contributed by atoms with Gasteiger partial charge in [-0.05, 0) is 6.42 Å². The van der Waals surface area contributed by atoms with Gasteiger partial charge in [-0.2, -0.15) is 5.10 Å². The van der Waals surface area contributed by atoms with E-state index in [1.54, 1.807) is 7.05 Å². The Kier molecular flexibility index (Phi) is 3.77. The van der Waals surface area contributed by atoms with Gasteiger partial charge < -0.3 is 5.11 Å². The van der Waals surface area contributed by atoms with Gasteiger partial charge in [0.15, 0.2) is 9.90 Å². The van der Waals surface area contributed by atoms with Crippen LogP contribution in [0.1, 0.15) is 23.1 Å². The number of hydrogen-bond donors (Lipinski definition) is 2. The number of hydrogen-bond acceptors (Lipinski definition) is 6. The number of sulfonamides is 1. The molecule has 20 heavy (non-hydrogen) atoms. The third-order valence-electron chi connectivity index (χ3n) is 2.47. The molecule has 10 heteroatoms. The number of rotatable bonds is 5. The Morgan fingerprint density at radius 3 is 2.85 bits per heavy atom. The van der Waals surface area contributed by atoms with Gasteiger partial charge in [-0.15, -0.1) is 11.3 Å². The van der Waals surface area contributed by atoms with E-state index in [1.807, 2.05) is 6.92 Å². The summed E-state index contributed by atoms with van der Waals surface area (Å²) in [4.78, 5) is 14.5. The van der Waals surface area contributed by atoms with Crippen molar-refractivity contribution in [2.24, 2.45) is 7.05 Å². The van der Waals surface area contributed by atoms with Gasteiger partial charge in [0.05, 0.1) is 16.9 Å². The number of aromatic carboxylic acids is 1. The number of nitrogens with zero attached hydrogens (tertiary/aromatic N) is 3. The van der Waals surface area contributed by atoms with Gasteiger partial charge in [-0.1, -0.05) is 6.92 Å². The lowest BCUT2D eigenvalue weighted by atomic mass is 10.3. The summed E-state index contributed by atoms with van der Waals surface area (Å²) in [5, 5.41) is 13.0. The topological polar surface area (TPSA) is 114 Å². The Bertz CT molecular complexity index is 747. The summed E-state index contributed by atoms with van der Waals surface area (Å²) < 4.78 is 28.0. The van der Waals surface area contributed by atoms with Crippen LogP contribution in [0.15, 0.2) is 15.9 Å². The van der Waals surface area contributed by atoms with Crippen LogP contribution in [-0.2, 0) is 23.5 Å². The molecule has 0 spiro atoms. The molecule has 0 atom stereocenters. The van der Waals surface area contributed by atoms with Gasteiger partial charge in [0, 0.05) is 13.2 Å². The van der Waals surface area contributed by atoms with Crippen molar-refractivity contribution >= 4 is 33.0 Å². The standard InChI is InChI=1S/C10H12N4O4S2/c1-3-6-7(4-14(2)12-6)13-20(17,18)10-8(9(15)16)11-5-19-10/h4-5,13H,3H2,1-2H3,(H,15,16). The number of aromatic nitrogens is 3. The van der Waals surface area contributed by atoms with Crippen molar-refractivity contribution in [1.82, 2.24) is 14.8 Å². The quantitative estimate of drug-likeness (QED) is 0.848. The normalized spacial score (nSPS) is 11.5. The fourth-order valence-corrected chi connectivity index (χ4v) is 3.85.